The fourth-order valence-corrected chi connectivity index (χ4v) is 3.55. The van der Waals surface area contributed by atoms with E-state index in [-0.39, 0.29) is 5.91 Å². The average Bonchev–Trinajstić information content (AvgIpc) is 2.87. The Morgan fingerprint density at radius 2 is 2.07 bits per heavy atom. The zero-order chi connectivity index (χ0) is 20.6. The van der Waals surface area contributed by atoms with Crippen molar-refractivity contribution in [3.8, 4) is 0 Å². The highest BCUT2D eigenvalue weighted by Crippen LogP contribution is 2.31. The van der Waals surface area contributed by atoms with Crippen LogP contribution in [-0.4, -0.2) is 60.0 Å². The molecule has 2 aliphatic heterocycles. The molecule has 0 aliphatic carbocycles. The topological polar surface area (TPSA) is 108 Å². The van der Waals surface area contributed by atoms with Crippen molar-refractivity contribution in [2.24, 2.45) is 5.10 Å². The van der Waals surface area contributed by atoms with Crippen LogP contribution in [0.4, 0.5) is 10.5 Å². The van der Waals surface area contributed by atoms with Crippen LogP contribution in [0.25, 0.3) is 10.9 Å². The van der Waals surface area contributed by atoms with Gasteiger partial charge in [-0.15, -0.1) is 0 Å². The summed E-state index contributed by atoms with van der Waals surface area (Å²) in [5, 5.41) is 7.56. The number of carbonyl (C=O) groups excluding carboxylic acids is 2. The molecule has 1 fully saturated rings. The maximum atomic E-state index is 12.5. The number of anilines is 1. The maximum absolute atomic E-state index is 12.5. The Labute approximate surface area is 168 Å². The molecule has 154 valence electrons. The summed E-state index contributed by atoms with van der Waals surface area (Å²) in [7, 11) is 0. The Hall–Kier alpha value is -2.91. The highest BCUT2D eigenvalue weighted by atomic mass is 16.6. The number of amides is 2. The lowest BCUT2D eigenvalue weighted by Crippen LogP contribution is -2.35. The second-order valence-corrected chi connectivity index (χ2v) is 8.18. The number of hydrogen-bond acceptors (Lipinski definition) is 6. The van der Waals surface area contributed by atoms with Crippen LogP contribution in [0.1, 0.15) is 42.4 Å². The molecule has 0 saturated carbocycles. The van der Waals surface area contributed by atoms with Crippen LogP contribution in [-0.2, 0) is 16.0 Å². The third-order valence-electron chi connectivity index (χ3n) is 4.75. The molecule has 3 heterocycles. The quantitative estimate of drug-likeness (QED) is 0.735. The van der Waals surface area contributed by atoms with Gasteiger partial charge in [-0.3, -0.25) is 15.0 Å². The van der Waals surface area contributed by atoms with Gasteiger partial charge in [0.25, 0.3) is 5.91 Å². The van der Waals surface area contributed by atoms with Crippen LogP contribution in [0, 0.1) is 0 Å². The molecule has 0 atom stereocenters. The van der Waals surface area contributed by atoms with E-state index in [2.05, 4.69) is 25.7 Å². The molecule has 0 unspecified atom stereocenters. The number of H-pyrrole nitrogens is 1. The van der Waals surface area contributed by atoms with Gasteiger partial charge in [-0.1, -0.05) is 0 Å². The van der Waals surface area contributed by atoms with Gasteiger partial charge in [-0.25, -0.2) is 10.2 Å². The normalized spacial score (nSPS) is 17.1. The van der Waals surface area contributed by atoms with Crippen molar-refractivity contribution in [2.45, 2.75) is 32.9 Å². The minimum Gasteiger partial charge on any atom is -0.444 e. The standard InChI is InChI=1S/C20H25N5O4/c1-20(2,3)29-19(27)22-12-8-13-17-14(10-21-24-18(13)26)16(23-15(17)9-12)11-25-4-6-28-7-5-25/h8-10,23H,4-7,11H2,1-3H3,(H,22,27)(H,24,26). The molecule has 0 radical (unpaired) electrons. The number of ether oxygens (including phenoxy) is 2. The van der Waals surface area contributed by atoms with Crippen LogP contribution in [0.15, 0.2) is 17.2 Å². The van der Waals surface area contributed by atoms with Crippen molar-refractivity contribution in [3.63, 3.8) is 0 Å². The van der Waals surface area contributed by atoms with Crippen LogP contribution in [0.5, 0.6) is 0 Å². The lowest BCUT2D eigenvalue weighted by Gasteiger charge is -2.26. The van der Waals surface area contributed by atoms with Gasteiger partial charge in [-0.05, 0) is 32.9 Å². The van der Waals surface area contributed by atoms with Gasteiger partial charge in [-0.2, -0.15) is 5.10 Å². The van der Waals surface area contributed by atoms with Gasteiger partial charge in [0, 0.05) is 47.5 Å². The minimum atomic E-state index is -0.615. The van der Waals surface area contributed by atoms with Crippen molar-refractivity contribution < 1.29 is 19.1 Å². The number of hydrogen-bond donors (Lipinski definition) is 3. The van der Waals surface area contributed by atoms with Gasteiger partial charge in [0.2, 0.25) is 0 Å². The van der Waals surface area contributed by atoms with Crippen molar-refractivity contribution >= 4 is 34.8 Å². The lowest BCUT2D eigenvalue weighted by molar-refractivity contribution is 0.0337. The first-order chi connectivity index (χ1) is 13.8. The summed E-state index contributed by atoms with van der Waals surface area (Å²) in [4.78, 5) is 30.4. The Bertz CT molecular complexity index is 983. The van der Waals surface area contributed by atoms with Crippen LogP contribution in [0.2, 0.25) is 0 Å². The zero-order valence-corrected chi connectivity index (χ0v) is 16.8. The predicted molar refractivity (Wildman–Crippen MR) is 109 cm³/mol. The largest absolute Gasteiger partial charge is 0.444 e. The van der Waals surface area contributed by atoms with E-state index in [9.17, 15) is 9.59 Å². The molecule has 1 aromatic heterocycles. The molecule has 1 aromatic carbocycles. The maximum Gasteiger partial charge on any atom is 0.412 e. The van der Waals surface area contributed by atoms with Crippen molar-refractivity contribution in [1.29, 1.82) is 0 Å². The molecular weight excluding hydrogens is 374 g/mol. The van der Waals surface area contributed by atoms with E-state index in [4.69, 9.17) is 9.47 Å². The first-order valence-electron chi connectivity index (χ1n) is 9.62. The number of nitrogens with one attached hydrogen (secondary N) is 3. The summed E-state index contributed by atoms with van der Waals surface area (Å²) in [6.45, 7) is 9.19. The average molecular weight is 399 g/mol. The van der Waals surface area contributed by atoms with E-state index in [1.807, 2.05) is 6.07 Å². The van der Waals surface area contributed by atoms with Crippen molar-refractivity contribution in [3.05, 3.63) is 29.0 Å². The summed E-state index contributed by atoms with van der Waals surface area (Å²) in [5.41, 5.74) is 5.45. The number of benzene rings is 1. The highest BCUT2D eigenvalue weighted by molar-refractivity contribution is 6.16. The number of rotatable bonds is 3. The van der Waals surface area contributed by atoms with Crippen molar-refractivity contribution in [2.75, 3.05) is 31.6 Å². The number of carbonyl (C=O) groups is 2. The molecule has 29 heavy (non-hydrogen) atoms. The number of aromatic nitrogens is 1. The van der Waals surface area contributed by atoms with E-state index in [0.29, 0.717) is 31.0 Å². The highest BCUT2D eigenvalue weighted by Gasteiger charge is 2.24. The van der Waals surface area contributed by atoms with Crippen LogP contribution >= 0.6 is 0 Å². The smallest absolute Gasteiger partial charge is 0.412 e. The summed E-state index contributed by atoms with van der Waals surface area (Å²) >= 11 is 0. The minimum absolute atomic E-state index is 0.324. The molecule has 3 N–H and O–H groups in total. The first-order valence-corrected chi connectivity index (χ1v) is 9.62. The van der Waals surface area contributed by atoms with E-state index in [1.165, 1.54) is 0 Å². The van der Waals surface area contributed by atoms with Gasteiger partial charge in [0.15, 0.2) is 0 Å². The number of nitrogens with zero attached hydrogens (tertiary/aromatic N) is 2. The second kappa shape index (κ2) is 7.49. The molecule has 1 saturated heterocycles. The molecule has 9 nitrogen and oxygen atoms in total. The third kappa shape index (κ3) is 4.25. The van der Waals surface area contributed by atoms with E-state index in [1.54, 1.807) is 33.1 Å². The van der Waals surface area contributed by atoms with E-state index in [0.717, 1.165) is 35.2 Å². The fraction of sp³-hybridized carbons (Fsp3) is 0.450. The predicted octanol–water partition coefficient (Wildman–Crippen LogP) is 2.42. The molecule has 2 aliphatic rings. The van der Waals surface area contributed by atoms with Crippen LogP contribution < -0.4 is 10.7 Å². The Morgan fingerprint density at radius 3 is 2.79 bits per heavy atom. The van der Waals surface area contributed by atoms with Gasteiger partial charge in [0.1, 0.15) is 5.60 Å². The molecular formula is C20H25N5O4. The summed E-state index contributed by atoms with van der Waals surface area (Å²) in [6, 6.07) is 3.45. The van der Waals surface area contributed by atoms with E-state index >= 15 is 0 Å². The summed E-state index contributed by atoms with van der Waals surface area (Å²) < 4.78 is 10.7. The first kappa shape index (κ1) is 19.4. The van der Waals surface area contributed by atoms with Gasteiger partial charge in [0.05, 0.1) is 25.0 Å². The summed E-state index contributed by atoms with van der Waals surface area (Å²) in [5.74, 6) is -0.324. The number of aromatic amines is 1. The SMILES string of the molecule is CC(C)(C)OC(=O)Nc1cc2c3c(c(CN4CCOCC4)[nH]c3c1)C=NNC2=O. The molecule has 0 spiro atoms. The Kier molecular flexibility index (Phi) is 5.01. The third-order valence-corrected chi connectivity index (χ3v) is 4.75. The number of morpholine rings is 1. The van der Waals surface area contributed by atoms with E-state index < -0.39 is 11.7 Å². The molecule has 2 aromatic rings. The Morgan fingerprint density at radius 1 is 1.31 bits per heavy atom. The summed E-state index contributed by atoms with van der Waals surface area (Å²) in [6.07, 6.45) is 1.10. The Balaban J connectivity index is 1.70. The number of hydrazone groups is 1. The molecule has 4 rings (SSSR count). The van der Waals surface area contributed by atoms with Gasteiger partial charge >= 0.3 is 6.09 Å². The monoisotopic (exact) mass is 399 g/mol. The van der Waals surface area contributed by atoms with Crippen LogP contribution in [0.3, 0.4) is 0 Å². The molecule has 2 amide bonds. The zero-order valence-electron chi connectivity index (χ0n) is 16.8. The second-order valence-electron chi connectivity index (χ2n) is 8.18. The van der Waals surface area contributed by atoms with Gasteiger partial charge < -0.3 is 14.5 Å². The fourth-order valence-electron chi connectivity index (χ4n) is 3.55. The molecule has 0 bridgehead atoms. The lowest BCUT2D eigenvalue weighted by atomic mass is 10.0. The molecule has 9 heteroatoms. The van der Waals surface area contributed by atoms with Crippen molar-refractivity contribution in [1.82, 2.24) is 15.3 Å².